The Morgan fingerprint density at radius 3 is 2.68 bits per heavy atom. The van der Waals surface area contributed by atoms with Crippen LogP contribution >= 0.6 is 15.9 Å². The number of nitrogen functional groups attached to an aromatic ring is 1. The van der Waals surface area contributed by atoms with Crippen LogP contribution in [0.15, 0.2) is 16.6 Å². The molecule has 0 atom stereocenters. The standard InChI is InChI=1S/C14H21BrN2O2/c1-10-12(8-11(15)9-13(10)16)14(19)17-6-4-2-3-5-7-18/h8-9,18H,2-7,16H2,1H3,(H,17,19). The zero-order chi connectivity index (χ0) is 14.3. The van der Waals surface area contributed by atoms with E-state index in [-0.39, 0.29) is 12.5 Å². The highest BCUT2D eigenvalue weighted by atomic mass is 79.9. The third-order valence-corrected chi connectivity index (χ3v) is 3.49. The summed E-state index contributed by atoms with van der Waals surface area (Å²) in [5.74, 6) is -0.0901. The number of hydrogen-bond acceptors (Lipinski definition) is 3. The lowest BCUT2D eigenvalue weighted by atomic mass is 10.1. The third kappa shape index (κ3) is 5.20. The molecule has 106 valence electrons. The van der Waals surface area contributed by atoms with Crippen molar-refractivity contribution in [2.45, 2.75) is 32.6 Å². The Kier molecular flexibility index (Phi) is 6.87. The molecule has 19 heavy (non-hydrogen) atoms. The van der Waals surface area contributed by atoms with Crippen molar-refractivity contribution >= 4 is 27.5 Å². The molecule has 5 heteroatoms. The summed E-state index contributed by atoms with van der Waals surface area (Å²) < 4.78 is 0.809. The molecule has 0 bridgehead atoms. The molecular formula is C14H21BrN2O2. The Bertz CT molecular complexity index is 436. The highest BCUT2D eigenvalue weighted by Crippen LogP contribution is 2.22. The van der Waals surface area contributed by atoms with Crippen molar-refractivity contribution in [2.24, 2.45) is 0 Å². The lowest BCUT2D eigenvalue weighted by molar-refractivity contribution is 0.0952. The minimum absolute atomic E-state index is 0.0901. The molecule has 1 rings (SSSR count). The van der Waals surface area contributed by atoms with Crippen molar-refractivity contribution in [1.29, 1.82) is 0 Å². The predicted molar refractivity (Wildman–Crippen MR) is 81.2 cm³/mol. The largest absolute Gasteiger partial charge is 0.398 e. The van der Waals surface area contributed by atoms with Crippen molar-refractivity contribution in [3.63, 3.8) is 0 Å². The molecule has 0 spiro atoms. The molecule has 0 radical (unpaired) electrons. The number of halogens is 1. The van der Waals surface area contributed by atoms with E-state index in [4.69, 9.17) is 10.8 Å². The quantitative estimate of drug-likeness (QED) is 0.532. The van der Waals surface area contributed by atoms with Crippen LogP contribution < -0.4 is 11.1 Å². The lowest BCUT2D eigenvalue weighted by Crippen LogP contribution is -2.25. The van der Waals surface area contributed by atoms with E-state index in [1.807, 2.05) is 6.92 Å². The van der Waals surface area contributed by atoms with E-state index in [0.717, 1.165) is 35.7 Å². The molecule has 0 saturated carbocycles. The van der Waals surface area contributed by atoms with Crippen LogP contribution in [0.4, 0.5) is 5.69 Å². The second-order valence-electron chi connectivity index (χ2n) is 4.56. The van der Waals surface area contributed by atoms with Crippen molar-refractivity contribution in [3.05, 3.63) is 27.7 Å². The van der Waals surface area contributed by atoms with Gasteiger partial charge in [-0.2, -0.15) is 0 Å². The van der Waals surface area contributed by atoms with E-state index in [9.17, 15) is 4.79 Å². The number of nitrogens with two attached hydrogens (primary N) is 1. The number of unbranched alkanes of at least 4 members (excludes halogenated alkanes) is 3. The second-order valence-corrected chi connectivity index (χ2v) is 5.48. The fraction of sp³-hybridized carbons (Fsp3) is 0.500. The average molecular weight is 329 g/mol. The van der Waals surface area contributed by atoms with Crippen LogP contribution in [0.2, 0.25) is 0 Å². The Morgan fingerprint density at radius 1 is 1.32 bits per heavy atom. The summed E-state index contributed by atoms with van der Waals surface area (Å²) in [5, 5.41) is 11.5. The van der Waals surface area contributed by atoms with Crippen LogP contribution in [-0.2, 0) is 0 Å². The van der Waals surface area contributed by atoms with Crippen molar-refractivity contribution in [3.8, 4) is 0 Å². The molecule has 0 aliphatic carbocycles. The number of rotatable bonds is 7. The summed E-state index contributed by atoms with van der Waals surface area (Å²) in [5.41, 5.74) is 7.87. The van der Waals surface area contributed by atoms with Gasteiger partial charge < -0.3 is 16.2 Å². The fourth-order valence-corrected chi connectivity index (χ4v) is 2.30. The molecule has 4 nitrogen and oxygen atoms in total. The molecule has 1 amide bonds. The first-order valence-electron chi connectivity index (χ1n) is 6.51. The van der Waals surface area contributed by atoms with Crippen molar-refractivity contribution < 1.29 is 9.90 Å². The summed E-state index contributed by atoms with van der Waals surface area (Å²) in [4.78, 5) is 12.0. The summed E-state index contributed by atoms with van der Waals surface area (Å²) in [6.45, 7) is 2.73. The number of amides is 1. The second kappa shape index (κ2) is 8.17. The van der Waals surface area contributed by atoms with Gasteiger partial charge in [-0.25, -0.2) is 0 Å². The molecule has 1 aromatic carbocycles. The highest BCUT2D eigenvalue weighted by molar-refractivity contribution is 9.10. The molecule has 0 saturated heterocycles. The number of carbonyl (C=O) groups excluding carboxylic acids is 1. The van der Waals surface area contributed by atoms with Gasteiger partial charge in [0, 0.05) is 28.9 Å². The number of anilines is 1. The van der Waals surface area contributed by atoms with Crippen LogP contribution in [0.1, 0.15) is 41.6 Å². The number of carbonyl (C=O) groups is 1. The molecule has 1 aromatic rings. The average Bonchev–Trinajstić information content (AvgIpc) is 2.37. The normalized spacial score (nSPS) is 10.5. The number of aliphatic hydroxyl groups is 1. The van der Waals surface area contributed by atoms with E-state index in [1.54, 1.807) is 12.1 Å². The van der Waals surface area contributed by atoms with Crippen LogP contribution in [0, 0.1) is 6.92 Å². The van der Waals surface area contributed by atoms with Gasteiger partial charge in [0.05, 0.1) is 0 Å². The van der Waals surface area contributed by atoms with Crippen molar-refractivity contribution in [2.75, 3.05) is 18.9 Å². The SMILES string of the molecule is Cc1c(N)cc(Br)cc1C(=O)NCCCCCCO. The molecular weight excluding hydrogens is 308 g/mol. The minimum atomic E-state index is -0.0901. The first kappa shape index (κ1) is 16.0. The van der Waals surface area contributed by atoms with Gasteiger partial charge >= 0.3 is 0 Å². The summed E-state index contributed by atoms with van der Waals surface area (Å²) in [6.07, 6.45) is 3.76. The predicted octanol–water partition coefficient (Wildman–Crippen LogP) is 2.62. The van der Waals surface area contributed by atoms with E-state index in [1.165, 1.54) is 0 Å². The molecule has 0 unspecified atom stereocenters. The molecule has 0 aromatic heterocycles. The minimum Gasteiger partial charge on any atom is -0.398 e. The Labute approximate surface area is 122 Å². The molecule has 0 aliphatic rings. The van der Waals surface area contributed by atoms with Gasteiger partial charge in [-0.1, -0.05) is 28.8 Å². The Balaban J connectivity index is 2.46. The van der Waals surface area contributed by atoms with Gasteiger partial charge in [-0.15, -0.1) is 0 Å². The van der Waals surface area contributed by atoms with E-state index >= 15 is 0 Å². The molecule has 4 N–H and O–H groups in total. The van der Waals surface area contributed by atoms with Crippen molar-refractivity contribution in [1.82, 2.24) is 5.32 Å². The Morgan fingerprint density at radius 2 is 2.00 bits per heavy atom. The third-order valence-electron chi connectivity index (χ3n) is 3.03. The Hall–Kier alpha value is -1.07. The van der Waals surface area contributed by atoms with Gasteiger partial charge in [-0.05, 0) is 37.5 Å². The monoisotopic (exact) mass is 328 g/mol. The van der Waals surface area contributed by atoms with Gasteiger partial charge in [-0.3, -0.25) is 4.79 Å². The van der Waals surface area contributed by atoms with Gasteiger partial charge in [0.15, 0.2) is 0 Å². The van der Waals surface area contributed by atoms with Crippen LogP contribution in [-0.4, -0.2) is 24.2 Å². The van der Waals surface area contributed by atoms with E-state index < -0.39 is 0 Å². The summed E-state index contributed by atoms with van der Waals surface area (Å²) in [6, 6.07) is 3.58. The van der Waals surface area contributed by atoms with Gasteiger partial charge in [0.2, 0.25) is 0 Å². The van der Waals surface area contributed by atoms with Crippen LogP contribution in [0.3, 0.4) is 0 Å². The van der Waals surface area contributed by atoms with Gasteiger partial charge in [0.1, 0.15) is 0 Å². The maximum Gasteiger partial charge on any atom is 0.251 e. The zero-order valence-electron chi connectivity index (χ0n) is 11.2. The van der Waals surface area contributed by atoms with E-state index in [0.29, 0.717) is 17.8 Å². The van der Waals surface area contributed by atoms with Crippen LogP contribution in [0.5, 0.6) is 0 Å². The summed E-state index contributed by atoms with van der Waals surface area (Å²) in [7, 11) is 0. The first-order chi connectivity index (χ1) is 9.06. The lowest BCUT2D eigenvalue weighted by Gasteiger charge is -2.10. The van der Waals surface area contributed by atoms with Gasteiger partial charge in [0.25, 0.3) is 5.91 Å². The number of benzene rings is 1. The molecule has 0 fully saturated rings. The fourth-order valence-electron chi connectivity index (χ4n) is 1.82. The van der Waals surface area contributed by atoms with Crippen LogP contribution in [0.25, 0.3) is 0 Å². The number of hydrogen-bond donors (Lipinski definition) is 3. The smallest absolute Gasteiger partial charge is 0.251 e. The zero-order valence-corrected chi connectivity index (χ0v) is 12.8. The first-order valence-corrected chi connectivity index (χ1v) is 7.30. The highest BCUT2D eigenvalue weighted by Gasteiger charge is 2.11. The maximum absolute atomic E-state index is 12.0. The topological polar surface area (TPSA) is 75.4 Å². The maximum atomic E-state index is 12.0. The molecule has 0 aliphatic heterocycles. The number of aliphatic hydroxyl groups excluding tert-OH is 1. The molecule has 0 heterocycles. The number of nitrogens with one attached hydrogen (secondary N) is 1. The van der Waals surface area contributed by atoms with E-state index in [2.05, 4.69) is 21.2 Å². The summed E-state index contributed by atoms with van der Waals surface area (Å²) >= 11 is 3.34.